The van der Waals surface area contributed by atoms with Crippen molar-refractivity contribution in [3.63, 3.8) is 0 Å². The second-order valence-electron chi connectivity index (χ2n) is 6.47. The third kappa shape index (κ3) is 2.35. The van der Waals surface area contributed by atoms with E-state index in [-0.39, 0.29) is 11.5 Å². The van der Waals surface area contributed by atoms with Gasteiger partial charge >= 0.3 is 6.09 Å². The van der Waals surface area contributed by atoms with Crippen LogP contribution < -0.4 is 4.90 Å². The fraction of sp³-hybridized carbons (Fsp3) is 0.533. The third-order valence-corrected chi connectivity index (χ3v) is 3.09. The number of para-hydroxylation sites is 1. The summed E-state index contributed by atoms with van der Waals surface area (Å²) in [7, 11) is 0. The molecule has 0 saturated heterocycles. The van der Waals surface area contributed by atoms with Gasteiger partial charge in [-0.3, -0.25) is 4.90 Å². The Morgan fingerprint density at radius 1 is 1.28 bits per heavy atom. The van der Waals surface area contributed by atoms with Crippen LogP contribution in [0.25, 0.3) is 0 Å². The van der Waals surface area contributed by atoms with Crippen molar-refractivity contribution in [3.8, 4) is 0 Å². The number of anilines is 1. The van der Waals surface area contributed by atoms with Crippen LogP contribution in [0.15, 0.2) is 24.3 Å². The van der Waals surface area contributed by atoms with Gasteiger partial charge in [0.25, 0.3) is 0 Å². The van der Waals surface area contributed by atoms with Crippen LogP contribution in [-0.4, -0.2) is 18.2 Å². The highest BCUT2D eigenvalue weighted by Gasteiger charge is 2.39. The molecule has 0 saturated carbocycles. The van der Waals surface area contributed by atoms with Crippen molar-refractivity contribution in [2.24, 2.45) is 0 Å². The maximum atomic E-state index is 12.2. The minimum Gasteiger partial charge on any atom is -0.443 e. The Kier molecular flexibility index (Phi) is 2.88. The lowest BCUT2D eigenvalue weighted by Crippen LogP contribution is -2.38. The van der Waals surface area contributed by atoms with E-state index < -0.39 is 5.60 Å². The van der Waals surface area contributed by atoms with Crippen LogP contribution in [0.2, 0.25) is 0 Å². The van der Waals surface area contributed by atoms with Crippen molar-refractivity contribution in [2.45, 2.75) is 45.6 Å². The summed E-state index contributed by atoms with van der Waals surface area (Å²) in [5.74, 6) is 0. The summed E-state index contributed by atoms with van der Waals surface area (Å²) in [4.78, 5) is 14.0. The van der Waals surface area contributed by atoms with Gasteiger partial charge in [-0.2, -0.15) is 0 Å². The van der Waals surface area contributed by atoms with Crippen LogP contribution in [0.4, 0.5) is 10.5 Å². The lowest BCUT2D eigenvalue weighted by Gasteiger charge is -2.25. The molecule has 1 heterocycles. The van der Waals surface area contributed by atoms with Gasteiger partial charge in [0.15, 0.2) is 0 Å². The number of fused-ring (bicyclic) bond motifs is 1. The topological polar surface area (TPSA) is 29.5 Å². The lowest BCUT2D eigenvalue weighted by molar-refractivity contribution is 0.0579. The van der Waals surface area contributed by atoms with Crippen molar-refractivity contribution in [3.05, 3.63) is 29.8 Å². The molecule has 0 N–H and O–H groups in total. The van der Waals surface area contributed by atoms with E-state index in [0.29, 0.717) is 6.54 Å². The summed E-state index contributed by atoms with van der Waals surface area (Å²) in [6.07, 6.45) is -0.263. The molecule has 98 valence electrons. The molecule has 1 aromatic rings. The van der Waals surface area contributed by atoms with Gasteiger partial charge in [0.05, 0.1) is 5.69 Å². The molecule has 0 fully saturated rings. The van der Waals surface area contributed by atoms with Crippen molar-refractivity contribution in [1.29, 1.82) is 0 Å². The highest BCUT2D eigenvalue weighted by atomic mass is 16.6. The monoisotopic (exact) mass is 247 g/mol. The molecule has 3 heteroatoms. The number of carbonyl (C=O) groups is 1. The molecule has 1 amide bonds. The Morgan fingerprint density at radius 3 is 2.50 bits per heavy atom. The molecule has 1 aromatic carbocycles. The molecule has 0 aromatic heterocycles. The molecule has 0 atom stereocenters. The average Bonchev–Trinajstić information content (AvgIpc) is 2.50. The van der Waals surface area contributed by atoms with E-state index in [1.54, 1.807) is 4.90 Å². The van der Waals surface area contributed by atoms with Gasteiger partial charge in [-0.15, -0.1) is 0 Å². The van der Waals surface area contributed by atoms with Gasteiger partial charge in [-0.1, -0.05) is 32.0 Å². The smallest absolute Gasteiger partial charge is 0.414 e. The molecule has 1 aliphatic heterocycles. The van der Waals surface area contributed by atoms with Crippen LogP contribution in [0.3, 0.4) is 0 Å². The largest absolute Gasteiger partial charge is 0.443 e. The Balaban J connectivity index is 2.31. The fourth-order valence-electron chi connectivity index (χ4n) is 2.33. The van der Waals surface area contributed by atoms with Crippen molar-refractivity contribution in [2.75, 3.05) is 11.4 Å². The number of nitrogens with zero attached hydrogens (tertiary/aromatic N) is 1. The maximum Gasteiger partial charge on any atom is 0.414 e. The lowest BCUT2D eigenvalue weighted by atomic mass is 9.87. The predicted molar refractivity (Wildman–Crippen MR) is 73.0 cm³/mol. The van der Waals surface area contributed by atoms with Gasteiger partial charge in [0.1, 0.15) is 5.60 Å². The molecule has 0 unspecified atom stereocenters. The Morgan fingerprint density at radius 2 is 1.89 bits per heavy atom. The molecule has 0 spiro atoms. The predicted octanol–water partition coefficient (Wildman–Crippen LogP) is 3.72. The molecule has 3 nitrogen and oxygen atoms in total. The number of hydrogen-bond acceptors (Lipinski definition) is 2. The minimum absolute atomic E-state index is 0.0203. The first-order chi connectivity index (χ1) is 8.21. The molecule has 0 aliphatic carbocycles. The SMILES string of the molecule is CC(C)(C)OC(=O)N1CC(C)(C)c2ccccc21. The van der Waals surface area contributed by atoms with E-state index in [2.05, 4.69) is 19.9 Å². The second kappa shape index (κ2) is 4.01. The summed E-state index contributed by atoms with van der Waals surface area (Å²) in [5, 5.41) is 0. The fourth-order valence-corrected chi connectivity index (χ4v) is 2.33. The molecule has 1 aliphatic rings. The normalized spacial score (nSPS) is 17.5. The van der Waals surface area contributed by atoms with E-state index in [0.717, 1.165) is 5.69 Å². The number of rotatable bonds is 0. The summed E-state index contributed by atoms with van der Waals surface area (Å²) < 4.78 is 5.46. The molecular formula is C15H21NO2. The van der Waals surface area contributed by atoms with Gasteiger partial charge in [-0.25, -0.2) is 4.79 Å². The van der Waals surface area contributed by atoms with Crippen molar-refractivity contribution >= 4 is 11.8 Å². The average molecular weight is 247 g/mol. The second-order valence-corrected chi connectivity index (χ2v) is 6.47. The maximum absolute atomic E-state index is 12.2. The summed E-state index contributed by atoms with van der Waals surface area (Å²) in [6, 6.07) is 8.03. The number of hydrogen-bond donors (Lipinski definition) is 0. The minimum atomic E-state index is -0.460. The standard InChI is InChI=1S/C15H21NO2/c1-14(2,3)18-13(17)16-10-15(4,5)11-8-6-7-9-12(11)16/h6-9H,10H2,1-5H3. The van der Waals surface area contributed by atoms with Crippen LogP contribution in [-0.2, 0) is 10.2 Å². The summed E-state index contributed by atoms with van der Waals surface area (Å²) in [5.41, 5.74) is 1.69. The third-order valence-electron chi connectivity index (χ3n) is 3.09. The Bertz CT molecular complexity index is 472. The van der Waals surface area contributed by atoms with Crippen LogP contribution in [0, 0.1) is 0 Å². The summed E-state index contributed by atoms with van der Waals surface area (Å²) >= 11 is 0. The van der Waals surface area contributed by atoms with Crippen molar-refractivity contribution in [1.82, 2.24) is 0 Å². The van der Waals surface area contributed by atoms with E-state index in [1.807, 2.05) is 39.0 Å². The molecule has 18 heavy (non-hydrogen) atoms. The zero-order valence-electron chi connectivity index (χ0n) is 11.8. The van der Waals surface area contributed by atoms with Crippen LogP contribution in [0.5, 0.6) is 0 Å². The Labute approximate surface area is 109 Å². The highest BCUT2D eigenvalue weighted by molar-refractivity contribution is 5.91. The zero-order chi connectivity index (χ0) is 13.6. The van der Waals surface area contributed by atoms with Gasteiger partial charge in [0, 0.05) is 12.0 Å². The molecular weight excluding hydrogens is 226 g/mol. The van der Waals surface area contributed by atoms with E-state index in [1.165, 1.54) is 5.56 Å². The number of ether oxygens (including phenoxy) is 1. The molecule has 0 radical (unpaired) electrons. The van der Waals surface area contributed by atoms with Gasteiger partial charge < -0.3 is 4.74 Å². The van der Waals surface area contributed by atoms with Gasteiger partial charge in [-0.05, 0) is 32.4 Å². The van der Waals surface area contributed by atoms with Gasteiger partial charge in [0.2, 0.25) is 0 Å². The quantitative estimate of drug-likeness (QED) is 0.699. The van der Waals surface area contributed by atoms with Crippen LogP contribution >= 0.6 is 0 Å². The van der Waals surface area contributed by atoms with E-state index >= 15 is 0 Å². The molecule has 2 rings (SSSR count). The first-order valence-corrected chi connectivity index (χ1v) is 6.31. The first kappa shape index (κ1) is 12.9. The van der Waals surface area contributed by atoms with E-state index in [9.17, 15) is 4.79 Å². The number of amides is 1. The number of benzene rings is 1. The molecule has 0 bridgehead atoms. The number of carbonyl (C=O) groups excluding carboxylic acids is 1. The first-order valence-electron chi connectivity index (χ1n) is 6.31. The zero-order valence-corrected chi connectivity index (χ0v) is 11.8. The van der Waals surface area contributed by atoms with Crippen molar-refractivity contribution < 1.29 is 9.53 Å². The Hall–Kier alpha value is -1.51. The summed E-state index contributed by atoms with van der Waals surface area (Å²) in [6.45, 7) is 10.6. The van der Waals surface area contributed by atoms with E-state index in [4.69, 9.17) is 4.74 Å². The highest BCUT2D eigenvalue weighted by Crippen LogP contribution is 2.40. The van der Waals surface area contributed by atoms with Crippen LogP contribution in [0.1, 0.15) is 40.2 Å².